The lowest BCUT2D eigenvalue weighted by molar-refractivity contribution is -0.122. The number of H-pyrrole nitrogens is 2. The normalized spacial score (nSPS) is 14.2. The molecule has 2 aromatic carbocycles. The van der Waals surface area contributed by atoms with Gasteiger partial charge in [-0.1, -0.05) is 410 Å². The van der Waals surface area contributed by atoms with Crippen molar-refractivity contribution < 1.29 is 28.5 Å². The highest BCUT2D eigenvalue weighted by atomic mass is 32.2. The number of thiocarbonyl (C=S) groups is 2. The minimum atomic E-state index is -0.0947. The van der Waals surface area contributed by atoms with E-state index in [4.69, 9.17) is 53.4 Å². The van der Waals surface area contributed by atoms with Gasteiger partial charge in [0, 0.05) is 52.9 Å². The average Bonchev–Trinajstić information content (AvgIpc) is 1.65. The maximum absolute atomic E-state index is 14.0. The number of nitrogens with zero attached hydrogens (tertiary/aromatic N) is 4. The monoisotopic (exact) mass is 1840 g/mol. The molecule has 2 unspecified atom stereocenters. The molecule has 0 aliphatic carbocycles. The van der Waals surface area contributed by atoms with Crippen LogP contribution in [0.5, 0.6) is 23.0 Å². The van der Waals surface area contributed by atoms with E-state index < -0.39 is 0 Å². The van der Waals surface area contributed by atoms with Gasteiger partial charge in [-0.25, -0.2) is 9.97 Å². The largest absolute Gasteiger partial charge is 0.493 e. The third kappa shape index (κ3) is 35.5. The summed E-state index contributed by atoms with van der Waals surface area (Å²) in [7, 11) is 0. The highest BCUT2D eigenvalue weighted by molar-refractivity contribution is 8.27. The fourth-order valence-electron chi connectivity index (χ4n) is 18.2. The summed E-state index contributed by atoms with van der Waals surface area (Å²) in [6.07, 6.45) is 74.3. The zero-order valence-corrected chi connectivity index (χ0v) is 85.4. The van der Waals surface area contributed by atoms with Crippen LogP contribution in [0.3, 0.4) is 0 Å². The highest BCUT2D eigenvalue weighted by Gasteiger charge is 2.33. The van der Waals surface area contributed by atoms with E-state index in [2.05, 4.69) is 150 Å². The number of ether oxygens (including phenoxy) is 4. The molecule has 0 saturated carbocycles. The number of rotatable bonds is 66. The van der Waals surface area contributed by atoms with Gasteiger partial charge < -0.3 is 28.9 Å². The van der Waals surface area contributed by atoms with E-state index in [-0.39, 0.29) is 11.8 Å². The number of aryl methyl sites for hydroxylation is 1. The molecule has 4 aliphatic rings. The van der Waals surface area contributed by atoms with Crippen LogP contribution in [-0.4, -0.2) is 89.7 Å². The third-order valence-corrected chi connectivity index (χ3v) is 29.0. The first-order chi connectivity index (χ1) is 63.8. The maximum Gasteiger partial charge on any atom is 0.266 e. The van der Waals surface area contributed by atoms with E-state index in [1.54, 1.807) is 9.80 Å². The lowest BCUT2D eigenvalue weighted by Crippen LogP contribution is -2.27. The minimum absolute atomic E-state index is 0.0947. The van der Waals surface area contributed by atoms with E-state index in [1.807, 2.05) is 38.1 Å². The van der Waals surface area contributed by atoms with E-state index in [1.165, 1.54) is 235 Å². The van der Waals surface area contributed by atoms with Crippen LogP contribution in [0.2, 0.25) is 0 Å². The molecule has 0 spiro atoms. The summed E-state index contributed by atoms with van der Waals surface area (Å²) >= 11 is 14.2. The maximum atomic E-state index is 14.0. The molecule has 16 heteroatoms. The van der Waals surface area contributed by atoms with Gasteiger partial charge in [0.2, 0.25) is 0 Å². The second-order valence-corrected chi connectivity index (χ2v) is 40.3. The molecule has 7 heterocycles. The molecule has 4 aliphatic heterocycles. The zero-order valence-electron chi connectivity index (χ0n) is 82.1. The van der Waals surface area contributed by atoms with Crippen molar-refractivity contribution in [1.29, 1.82) is 0 Å². The topological polar surface area (TPSA) is 135 Å². The predicted octanol–water partition coefficient (Wildman–Crippen LogP) is 33.4. The van der Waals surface area contributed by atoms with Crippen molar-refractivity contribution in [3.8, 4) is 46.7 Å². The van der Waals surface area contributed by atoms with E-state index >= 15 is 0 Å². The zero-order chi connectivity index (χ0) is 92.1. The molecule has 2 fully saturated rings. The van der Waals surface area contributed by atoms with Crippen molar-refractivity contribution in [2.24, 2.45) is 11.8 Å². The summed E-state index contributed by atoms with van der Waals surface area (Å²) in [4.78, 5) is 52.5. The van der Waals surface area contributed by atoms with Gasteiger partial charge in [-0.3, -0.25) is 19.4 Å². The van der Waals surface area contributed by atoms with Crippen molar-refractivity contribution in [3.05, 3.63) is 126 Å². The number of likely N-dealkylation sites (N-methyl/N-ethyl adjacent to an activating group) is 2. The quantitative estimate of drug-likeness (QED) is 0.0163. The summed E-state index contributed by atoms with van der Waals surface area (Å²) in [6, 6.07) is 17.2. The number of amides is 2. The van der Waals surface area contributed by atoms with E-state index in [0.717, 1.165) is 201 Å². The Kier molecular flexibility index (Phi) is 50.9. The highest BCUT2D eigenvalue weighted by Crippen LogP contribution is 2.41. The Morgan fingerprint density at radius 1 is 0.338 bits per heavy atom. The summed E-state index contributed by atoms with van der Waals surface area (Å²) in [5, 5.41) is 0. The van der Waals surface area contributed by atoms with Gasteiger partial charge in [-0.05, 0) is 155 Å². The Hall–Kier alpha value is -7.34. The molecule has 2 amide bonds. The van der Waals surface area contributed by atoms with Crippen LogP contribution in [0, 0.1) is 35.5 Å². The Balaban J connectivity index is 1.32. The Labute approximate surface area is 806 Å². The molecule has 2 atom stereocenters. The minimum Gasteiger partial charge on any atom is -0.493 e. The summed E-state index contributed by atoms with van der Waals surface area (Å²) < 4.78 is 28.7. The number of hydrogen-bond donors (Lipinski definition) is 2. The number of hydrogen-bond acceptors (Lipinski definition) is 12. The average molecular weight is 1840 g/mol. The molecule has 0 radical (unpaired) electrons. The summed E-state index contributed by atoms with van der Waals surface area (Å²) in [5.74, 6) is 18.8. The van der Waals surface area contributed by atoms with Gasteiger partial charge >= 0.3 is 0 Å². The van der Waals surface area contributed by atoms with Gasteiger partial charge in [-0.2, -0.15) is 0 Å². The van der Waals surface area contributed by atoms with Crippen LogP contribution in [0.1, 0.15) is 458 Å². The second kappa shape index (κ2) is 62.3. The number of carbonyl (C=O) groups is 2. The number of aromatic nitrogens is 4. The molecule has 12 nitrogen and oxygen atoms in total. The number of benzene rings is 2. The van der Waals surface area contributed by atoms with Crippen molar-refractivity contribution >= 4 is 127 Å². The molecule has 5 aromatic rings. The number of thioether (sulfide) groups is 2. The summed E-state index contributed by atoms with van der Waals surface area (Å²) in [5.41, 5.74) is 14.0. The van der Waals surface area contributed by atoms with Crippen LogP contribution < -0.4 is 18.9 Å². The molecule has 3 aromatic heterocycles. The fourth-order valence-corrected chi connectivity index (χ4v) is 21.0. The lowest BCUT2D eigenvalue weighted by atomic mass is 9.88. The number of carbonyl (C=O) groups excluding carboxylic acids is 2. The predicted molar refractivity (Wildman–Crippen MR) is 567 cm³/mol. The lowest BCUT2D eigenvalue weighted by Gasteiger charge is -2.18. The third-order valence-electron chi connectivity index (χ3n) is 26.3. The Morgan fingerprint density at radius 3 is 0.938 bits per heavy atom. The van der Waals surface area contributed by atoms with Gasteiger partial charge in [0.25, 0.3) is 11.8 Å². The van der Waals surface area contributed by atoms with Crippen LogP contribution in [0.25, 0.3) is 58.5 Å². The van der Waals surface area contributed by atoms with Crippen LogP contribution in [-0.2, 0) is 22.4 Å². The molecule has 8 bridgehead atoms. The molecular weight excluding hydrogens is 1680 g/mol. The van der Waals surface area contributed by atoms with Gasteiger partial charge in [0.1, 0.15) is 31.6 Å². The van der Waals surface area contributed by atoms with Crippen molar-refractivity contribution in [3.63, 3.8) is 0 Å². The van der Waals surface area contributed by atoms with E-state index in [0.29, 0.717) is 104 Å². The van der Waals surface area contributed by atoms with Crippen molar-refractivity contribution in [2.75, 3.05) is 39.5 Å². The molecule has 2 saturated heterocycles. The molecule has 9 rings (SSSR count). The molecule has 130 heavy (non-hydrogen) atoms. The standard InChI is InChI=1S/C114H164N6O6S4/c1-11-21-29-37-41-43-47-51-59-87(57-49-45-39-31-23-13-3)61-65-93-97-69-73-101(115-97)95(67-63-89-81-107(125-79-55-35-27-17-7)91(83-105(89)123-77-53-33-25-15-5)85-109-111(121)119(19-9)113(127)129-109)103-75-71-99(117-103)94(66-62-88(58-50-46-40-32-24-14-4)60-52-48-44-42-38-30-22-12-2)100-72-76-104(118-100)96(102-74-70-98(93)116-102)68-64-90-82-108(126-80-56-36-28-18-8)92(84-106(90)124-78-54-34-26-16-6)86-110-112(122)120(20-10)114(128)130-110/h69-76,81-88,115-116H,11-62,65-66,77-80H2,1-10H3/b97-93?,98-93?,99-94?,100-94?,101-95?,102-96?,103-95?,104-96?,109-85-,110-86-. The second-order valence-electron chi connectivity index (χ2n) is 36.9. The molecule has 710 valence electrons. The number of unbranched alkanes of at least 4 members (excludes halogenated alkanes) is 36. The molecular formula is C114H164N6O6S4. The van der Waals surface area contributed by atoms with Crippen LogP contribution in [0.4, 0.5) is 0 Å². The summed E-state index contributed by atoms with van der Waals surface area (Å²) in [6.45, 7) is 25.2. The number of nitrogens with one attached hydrogen (secondary N) is 2. The SMILES string of the molecule is CCCCCCCCCCC(CCCCCCCC)CCc1c2nc(c(C#Cc3cc(OCCCCCC)c(/C=C4\SC(=S)N(CC)C4=O)cc3OCCCCCC)c3ccc([nH]3)c(CCC(CCCCCCCC)CCCCCCCCCC)c3ccc([nH]3)c(C#Cc3cc(OCCCCCC)c(/C=C4\SC(=S)N(CC)C4=O)cc3OCCCCCC)c3nc1C=C3)C=C2. The van der Waals surface area contributed by atoms with E-state index in [9.17, 15) is 9.59 Å². The number of fused-ring (bicyclic) bond motifs is 8. The first kappa shape index (κ1) is 106. The fraction of sp³-hybridized carbons (Fsp3) is 0.614. The Bertz CT molecular complexity index is 4500. The Morgan fingerprint density at radius 2 is 0.623 bits per heavy atom. The van der Waals surface area contributed by atoms with Gasteiger partial charge in [-0.15, -0.1) is 0 Å². The van der Waals surface area contributed by atoms with Crippen molar-refractivity contribution in [1.82, 2.24) is 29.7 Å². The first-order valence-electron chi connectivity index (χ1n) is 52.4. The van der Waals surface area contributed by atoms with Gasteiger partial charge in [0.15, 0.2) is 0 Å². The van der Waals surface area contributed by atoms with Crippen LogP contribution in [0.15, 0.2) is 58.3 Å². The van der Waals surface area contributed by atoms with Gasteiger partial charge in [0.05, 0.1) is 92.3 Å². The van der Waals surface area contributed by atoms with Crippen molar-refractivity contribution in [2.45, 2.75) is 403 Å². The number of aromatic amines is 2. The van der Waals surface area contributed by atoms with Crippen LogP contribution >= 0.6 is 48.0 Å². The molecule has 2 N–H and O–H groups in total. The smallest absolute Gasteiger partial charge is 0.266 e. The first-order valence-corrected chi connectivity index (χ1v) is 54.8.